The normalized spacial score (nSPS) is 9.30. The lowest BCUT2D eigenvalue weighted by molar-refractivity contribution is 0.512. The van der Waals surface area contributed by atoms with Crippen LogP contribution in [-0.4, -0.2) is 5.11 Å². The maximum Gasteiger partial charge on any atom is 0.116 e. The molecule has 0 amide bonds. The zero-order chi connectivity index (χ0) is 7.56. The molecule has 0 bridgehead atoms. The Morgan fingerprint density at radius 1 is 1.40 bits per heavy atom. The van der Waals surface area contributed by atoms with Crippen LogP contribution < -0.4 is 0 Å². The summed E-state index contributed by atoms with van der Waals surface area (Å²) in [6.07, 6.45) is 0. The maximum atomic E-state index is 8.96. The Balaban J connectivity index is 3.15. The first-order valence-corrected chi connectivity index (χ1v) is 3.33. The van der Waals surface area contributed by atoms with Crippen LogP contribution in [0, 0.1) is 0 Å². The van der Waals surface area contributed by atoms with Crippen molar-refractivity contribution in [3.8, 4) is 0 Å². The molecule has 0 aliphatic heterocycles. The first-order valence-electron chi connectivity index (χ1n) is 2.88. The molecule has 0 atom stereocenters. The lowest BCUT2D eigenvalue weighted by atomic mass is 10.2. The van der Waals surface area contributed by atoms with Crippen LogP contribution in [0.4, 0.5) is 0 Å². The molecular weight excluding hydrogens is 144 g/mol. The molecule has 0 spiro atoms. The Morgan fingerprint density at radius 3 is 2.40 bits per heavy atom. The van der Waals surface area contributed by atoms with Gasteiger partial charge in [-0.2, -0.15) is 0 Å². The molecule has 0 fully saturated rings. The maximum absolute atomic E-state index is 8.96. The minimum Gasteiger partial charge on any atom is -0.508 e. The fourth-order valence-electron chi connectivity index (χ4n) is 0.718. The largest absolute Gasteiger partial charge is 0.508 e. The average Bonchev–Trinajstić information content (AvgIpc) is 1.88. The molecule has 10 heavy (non-hydrogen) atoms. The van der Waals surface area contributed by atoms with E-state index in [2.05, 4.69) is 19.2 Å². The summed E-state index contributed by atoms with van der Waals surface area (Å²) in [6.45, 7) is 3.39. The Bertz CT molecular complexity index is 255. The van der Waals surface area contributed by atoms with E-state index in [0.29, 0.717) is 5.56 Å². The van der Waals surface area contributed by atoms with Gasteiger partial charge in [0.05, 0.1) is 0 Å². The first kappa shape index (κ1) is 7.22. The highest BCUT2D eigenvalue weighted by molar-refractivity contribution is 7.80. The highest BCUT2D eigenvalue weighted by Crippen LogP contribution is 2.17. The predicted molar refractivity (Wildman–Crippen MR) is 45.4 cm³/mol. The Morgan fingerprint density at radius 2 is 2.00 bits per heavy atom. The number of benzene rings is 1. The molecule has 1 aromatic carbocycles. The second-order valence-corrected chi connectivity index (χ2v) is 2.45. The highest BCUT2D eigenvalue weighted by atomic mass is 32.1. The van der Waals surface area contributed by atoms with Crippen molar-refractivity contribution < 1.29 is 5.11 Å². The molecule has 0 aromatic heterocycles. The second kappa shape index (κ2) is 2.80. The lowest BCUT2D eigenvalue weighted by Crippen LogP contribution is -1.81. The van der Waals surface area contributed by atoms with Gasteiger partial charge in [-0.1, -0.05) is 24.8 Å². The van der Waals surface area contributed by atoms with E-state index in [1.165, 1.54) is 0 Å². The van der Waals surface area contributed by atoms with Crippen LogP contribution in [0.1, 0.15) is 5.56 Å². The summed E-state index contributed by atoms with van der Waals surface area (Å²) in [4.78, 5) is 0.745. The van der Waals surface area contributed by atoms with Crippen LogP contribution in [0.2, 0.25) is 0 Å². The topological polar surface area (TPSA) is 20.2 Å². The summed E-state index contributed by atoms with van der Waals surface area (Å²) in [5, 5.41) is 8.96. The molecule has 0 saturated carbocycles. The summed E-state index contributed by atoms with van der Waals surface area (Å²) in [6, 6.07) is 7.26. The van der Waals surface area contributed by atoms with Crippen LogP contribution in [0.5, 0.6) is 0 Å². The van der Waals surface area contributed by atoms with Crippen molar-refractivity contribution >= 4 is 18.4 Å². The SMILES string of the molecule is C=C(O)c1ccccc1S. The third-order valence-corrected chi connectivity index (χ3v) is 1.60. The van der Waals surface area contributed by atoms with E-state index >= 15 is 0 Å². The molecule has 0 unspecified atom stereocenters. The molecule has 0 aliphatic rings. The van der Waals surface area contributed by atoms with Crippen molar-refractivity contribution in [3.05, 3.63) is 36.4 Å². The summed E-state index contributed by atoms with van der Waals surface area (Å²) in [5.74, 6) is 0.0607. The number of aliphatic hydroxyl groups excluding tert-OH is 1. The monoisotopic (exact) mass is 152 g/mol. The molecule has 0 saturated heterocycles. The van der Waals surface area contributed by atoms with Crippen molar-refractivity contribution in [3.63, 3.8) is 0 Å². The minimum absolute atomic E-state index is 0.0607. The molecule has 0 aliphatic carbocycles. The smallest absolute Gasteiger partial charge is 0.116 e. The molecule has 52 valence electrons. The molecule has 1 rings (SSSR count). The number of aliphatic hydroxyl groups is 1. The second-order valence-electron chi connectivity index (χ2n) is 1.96. The standard InChI is InChI=1S/C8H8OS/c1-6(9)7-4-2-3-5-8(7)10/h2-5,9-10H,1H2. The van der Waals surface area contributed by atoms with Gasteiger partial charge in [0.1, 0.15) is 5.76 Å². The first-order chi connectivity index (χ1) is 4.72. The molecule has 2 heteroatoms. The van der Waals surface area contributed by atoms with Crippen molar-refractivity contribution in [2.75, 3.05) is 0 Å². The van der Waals surface area contributed by atoms with Crippen molar-refractivity contribution in [2.24, 2.45) is 0 Å². The summed E-state index contributed by atoms with van der Waals surface area (Å²) >= 11 is 4.12. The fourth-order valence-corrected chi connectivity index (χ4v) is 1.01. The van der Waals surface area contributed by atoms with Gasteiger partial charge in [0.2, 0.25) is 0 Å². The summed E-state index contributed by atoms with van der Waals surface area (Å²) in [5.41, 5.74) is 0.686. The van der Waals surface area contributed by atoms with Crippen molar-refractivity contribution in [2.45, 2.75) is 4.90 Å². The van der Waals surface area contributed by atoms with Crippen molar-refractivity contribution in [1.29, 1.82) is 0 Å². The quantitative estimate of drug-likeness (QED) is 0.468. The molecule has 1 N–H and O–H groups in total. The number of thiol groups is 1. The molecular formula is C8H8OS. The number of rotatable bonds is 1. The minimum atomic E-state index is 0.0607. The van der Waals surface area contributed by atoms with Crippen LogP contribution in [0.25, 0.3) is 5.76 Å². The van der Waals surface area contributed by atoms with Gasteiger partial charge in [-0.15, -0.1) is 12.6 Å². The van der Waals surface area contributed by atoms with E-state index in [-0.39, 0.29) is 5.76 Å². The third kappa shape index (κ3) is 1.33. The van der Waals surface area contributed by atoms with E-state index in [9.17, 15) is 0 Å². The molecule has 1 nitrogen and oxygen atoms in total. The lowest BCUT2D eigenvalue weighted by Gasteiger charge is -1.99. The molecule has 0 heterocycles. The third-order valence-electron chi connectivity index (χ3n) is 1.21. The van der Waals surface area contributed by atoms with Crippen LogP contribution >= 0.6 is 12.6 Å². The van der Waals surface area contributed by atoms with Gasteiger partial charge in [-0.3, -0.25) is 0 Å². The van der Waals surface area contributed by atoms with Crippen LogP contribution in [0.15, 0.2) is 35.7 Å². The van der Waals surface area contributed by atoms with E-state index < -0.39 is 0 Å². The van der Waals surface area contributed by atoms with Gasteiger partial charge < -0.3 is 5.11 Å². The van der Waals surface area contributed by atoms with Gasteiger partial charge >= 0.3 is 0 Å². The average molecular weight is 152 g/mol. The highest BCUT2D eigenvalue weighted by Gasteiger charge is 1.97. The number of hydrogen-bond donors (Lipinski definition) is 2. The van der Waals surface area contributed by atoms with Gasteiger partial charge in [-0.05, 0) is 6.07 Å². The summed E-state index contributed by atoms with van der Waals surface area (Å²) < 4.78 is 0. The molecule has 0 radical (unpaired) electrons. The number of hydrogen-bond acceptors (Lipinski definition) is 2. The summed E-state index contributed by atoms with van der Waals surface area (Å²) in [7, 11) is 0. The van der Waals surface area contributed by atoms with E-state index in [1.807, 2.05) is 12.1 Å². The van der Waals surface area contributed by atoms with E-state index in [1.54, 1.807) is 12.1 Å². The van der Waals surface area contributed by atoms with Gasteiger partial charge in [0.15, 0.2) is 0 Å². The zero-order valence-electron chi connectivity index (χ0n) is 5.41. The predicted octanol–water partition coefficient (Wildman–Crippen LogP) is 2.50. The van der Waals surface area contributed by atoms with E-state index in [0.717, 1.165) is 4.90 Å². The van der Waals surface area contributed by atoms with Crippen LogP contribution in [0.3, 0.4) is 0 Å². The fraction of sp³-hybridized carbons (Fsp3) is 0. The van der Waals surface area contributed by atoms with Gasteiger partial charge in [0.25, 0.3) is 0 Å². The Labute approximate surface area is 65.4 Å². The molecule has 1 aromatic rings. The van der Waals surface area contributed by atoms with Gasteiger partial charge in [0, 0.05) is 10.5 Å². The van der Waals surface area contributed by atoms with Crippen LogP contribution in [-0.2, 0) is 0 Å². The van der Waals surface area contributed by atoms with E-state index in [4.69, 9.17) is 5.11 Å². The van der Waals surface area contributed by atoms with Crippen molar-refractivity contribution in [1.82, 2.24) is 0 Å². The van der Waals surface area contributed by atoms with Gasteiger partial charge in [-0.25, -0.2) is 0 Å². The Kier molecular flexibility index (Phi) is 2.02. The zero-order valence-corrected chi connectivity index (χ0v) is 6.31. The Hall–Kier alpha value is -0.890.